The van der Waals surface area contributed by atoms with Gasteiger partial charge in [-0.2, -0.15) is 15.4 Å². The Hall–Kier alpha value is -1.34. The van der Waals surface area contributed by atoms with Crippen molar-refractivity contribution in [1.29, 1.82) is 0 Å². The second kappa shape index (κ2) is 3.58. The number of H-pyrrole nitrogens is 1. The van der Waals surface area contributed by atoms with Crippen molar-refractivity contribution >= 4 is 11.5 Å². The molecule has 0 bridgehead atoms. The molecule has 2 aromatic rings. The van der Waals surface area contributed by atoms with Crippen molar-refractivity contribution in [2.75, 3.05) is 0 Å². The Labute approximate surface area is 77.8 Å². The van der Waals surface area contributed by atoms with Crippen LogP contribution < -0.4 is 0 Å². The topological polar surface area (TPSA) is 87.6 Å². The summed E-state index contributed by atoms with van der Waals surface area (Å²) in [5.74, 6) is 0. The smallest absolute Gasteiger partial charge is 0.111 e. The minimum atomic E-state index is -0.664. The largest absolute Gasteiger partial charge is 0.386 e. The second-order valence-electron chi connectivity index (χ2n) is 2.51. The van der Waals surface area contributed by atoms with E-state index in [9.17, 15) is 5.11 Å². The zero-order chi connectivity index (χ0) is 9.10. The Bertz CT molecular complexity index is 345. The lowest BCUT2D eigenvalue weighted by molar-refractivity contribution is 0.172. The summed E-state index contributed by atoms with van der Waals surface area (Å²) in [7, 11) is 0. The first-order valence-electron chi connectivity index (χ1n) is 3.66. The maximum atomic E-state index is 9.60. The van der Waals surface area contributed by atoms with Crippen LogP contribution in [0.3, 0.4) is 0 Å². The second-order valence-corrected chi connectivity index (χ2v) is 3.12. The third-order valence-corrected chi connectivity index (χ3v) is 2.14. The summed E-state index contributed by atoms with van der Waals surface area (Å²) in [6, 6.07) is 0. The predicted molar refractivity (Wildman–Crippen MR) is 45.0 cm³/mol. The molecule has 0 aliphatic heterocycles. The Balaban J connectivity index is 2.04. The van der Waals surface area contributed by atoms with E-state index in [4.69, 9.17) is 0 Å². The highest BCUT2D eigenvalue weighted by Crippen LogP contribution is 2.13. The molecule has 0 aliphatic rings. The molecule has 1 atom stereocenters. The van der Waals surface area contributed by atoms with E-state index in [-0.39, 0.29) is 0 Å². The van der Waals surface area contributed by atoms with E-state index < -0.39 is 6.10 Å². The van der Waals surface area contributed by atoms with E-state index in [1.165, 1.54) is 17.7 Å². The van der Waals surface area contributed by atoms with Gasteiger partial charge in [0.25, 0.3) is 0 Å². The molecule has 6 nitrogen and oxygen atoms in total. The van der Waals surface area contributed by atoms with Crippen LogP contribution in [0.5, 0.6) is 0 Å². The van der Waals surface area contributed by atoms with Gasteiger partial charge in [-0.3, -0.25) is 0 Å². The van der Waals surface area contributed by atoms with Gasteiger partial charge < -0.3 is 5.11 Å². The number of hydrogen-bond acceptors (Lipinski definition) is 6. The first kappa shape index (κ1) is 8.27. The van der Waals surface area contributed by atoms with Gasteiger partial charge in [-0.1, -0.05) is 4.49 Å². The molecule has 0 amide bonds. The zero-order valence-corrected chi connectivity index (χ0v) is 7.40. The molecule has 7 heteroatoms. The highest BCUT2D eigenvalue weighted by atomic mass is 32.1. The monoisotopic (exact) mass is 197 g/mol. The van der Waals surface area contributed by atoms with Gasteiger partial charge in [-0.15, -0.1) is 5.10 Å². The first-order chi connectivity index (χ1) is 6.36. The fourth-order valence-electron chi connectivity index (χ4n) is 0.947. The lowest BCUT2D eigenvalue weighted by Gasteiger charge is -2.02. The number of aromatic nitrogens is 5. The predicted octanol–water partition coefficient (Wildman–Crippen LogP) is -0.0677. The number of aliphatic hydroxyl groups excluding tert-OH is 1. The summed E-state index contributed by atoms with van der Waals surface area (Å²) in [5.41, 5.74) is 1.29. The summed E-state index contributed by atoms with van der Waals surface area (Å²) >= 11 is 1.26. The molecule has 0 radical (unpaired) electrons. The van der Waals surface area contributed by atoms with Crippen LogP contribution in [0.1, 0.15) is 17.5 Å². The lowest BCUT2D eigenvalue weighted by atomic mass is 10.2. The molecule has 13 heavy (non-hydrogen) atoms. The number of rotatable bonds is 3. The van der Waals surface area contributed by atoms with Gasteiger partial charge in [0.05, 0.1) is 11.9 Å². The third kappa shape index (κ3) is 1.87. The molecular formula is C6H7N5OS. The summed E-state index contributed by atoms with van der Waals surface area (Å²) < 4.78 is 3.69. The average Bonchev–Trinajstić information content (AvgIpc) is 2.74. The summed E-state index contributed by atoms with van der Waals surface area (Å²) in [6.45, 7) is 0. The van der Waals surface area contributed by atoms with Crippen LogP contribution in [0.15, 0.2) is 11.6 Å². The fourth-order valence-corrected chi connectivity index (χ4v) is 1.41. The first-order valence-corrected chi connectivity index (χ1v) is 4.49. The maximum Gasteiger partial charge on any atom is 0.111 e. The van der Waals surface area contributed by atoms with Gasteiger partial charge in [-0.05, 0) is 11.5 Å². The molecule has 0 aliphatic carbocycles. The fraction of sp³-hybridized carbons (Fsp3) is 0.333. The van der Waals surface area contributed by atoms with Crippen molar-refractivity contribution in [2.24, 2.45) is 0 Å². The van der Waals surface area contributed by atoms with Crippen molar-refractivity contribution in [3.8, 4) is 0 Å². The zero-order valence-electron chi connectivity index (χ0n) is 6.58. The molecule has 68 valence electrons. The minimum Gasteiger partial charge on any atom is -0.386 e. The van der Waals surface area contributed by atoms with E-state index in [1.807, 2.05) is 0 Å². The van der Waals surface area contributed by atoms with Gasteiger partial charge in [-0.25, -0.2) is 0 Å². The Kier molecular flexibility index (Phi) is 2.28. The van der Waals surface area contributed by atoms with Crippen LogP contribution in [-0.2, 0) is 6.42 Å². The SMILES string of the molecule is OC(Cc1csnn1)c1cn[nH]n1. The maximum absolute atomic E-state index is 9.60. The molecule has 2 rings (SSSR count). The average molecular weight is 197 g/mol. The number of aliphatic hydroxyl groups is 1. The van der Waals surface area contributed by atoms with Crippen molar-refractivity contribution < 1.29 is 5.11 Å². The molecule has 2 N–H and O–H groups in total. The van der Waals surface area contributed by atoms with Crippen molar-refractivity contribution in [3.63, 3.8) is 0 Å². The highest BCUT2D eigenvalue weighted by Gasteiger charge is 2.12. The third-order valence-electron chi connectivity index (χ3n) is 1.58. The highest BCUT2D eigenvalue weighted by molar-refractivity contribution is 7.03. The summed E-state index contributed by atoms with van der Waals surface area (Å²) in [6.07, 6.45) is 1.25. The minimum absolute atomic E-state index is 0.420. The van der Waals surface area contributed by atoms with E-state index in [2.05, 4.69) is 25.0 Å². The van der Waals surface area contributed by atoms with Crippen LogP contribution >= 0.6 is 11.5 Å². The molecule has 0 fully saturated rings. The van der Waals surface area contributed by atoms with Crippen LogP contribution in [0, 0.1) is 0 Å². The number of hydrogen-bond donors (Lipinski definition) is 2. The van der Waals surface area contributed by atoms with Gasteiger partial charge in [0.15, 0.2) is 0 Å². The van der Waals surface area contributed by atoms with Gasteiger partial charge in [0, 0.05) is 11.8 Å². The molecular weight excluding hydrogens is 190 g/mol. The van der Waals surface area contributed by atoms with Crippen LogP contribution in [0.25, 0.3) is 0 Å². The molecule has 0 saturated heterocycles. The lowest BCUT2D eigenvalue weighted by Crippen LogP contribution is -2.02. The normalized spacial score (nSPS) is 13.0. The van der Waals surface area contributed by atoms with Crippen LogP contribution in [0.4, 0.5) is 0 Å². The number of nitrogens with one attached hydrogen (secondary N) is 1. The van der Waals surface area contributed by atoms with E-state index in [1.54, 1.807) is 5.38 Å². The van der Waals surface area contributed by atoms with Crippen molar-refractivity contribution in [2.45, 2.75) is 12.5 Å². The van der Waals surface area contributed by atoms with Gasteiger partial charge >= 0.3 is 0 Å². The van der Waals surface area contributed by atoms with Gasteiger partial charge in [0.2, 0.25) is 0 Å². The van der Waals surface area contributed by atoms with E-state index in [0.717, 1.165) is 5.69 Å². The molecule has 0 saturated carbocycles. The summed E-state index contributed by atoms with van der Waals surface area (Å²) in [4.78, 5) is 0. The molecule has 0 spiro atoms. The quantitative estimate of drug-likeness (QED) is 0.719. The molecule has 2 aromatic heterocycles. The van der Waals surface area contributed by atoms with Crippen molar-refractivity contribution in [1.82, 2.24) is 25.0 Å². The number of nitrogens with zero attached hydrogens (tertiary/aromatic N) is 4. The van der Waals surface area contributed by atoms with E-state index in [0.29, 0.717) is 12.1 Å². The molecule has 2 heterocycles. The Morgan fingerprint density at radius 3 is 3.15 bits per heavy atom. The Morgan fingerprint density at radius 2 is 2.54 bits per heavy atom. The van der Waals surface area contributed by atoms with E-state index >= 15 is 0 Å². The van der Waals surface area contributed by atoms with Crippen molar-refractivity contribution in [3.05, 3.63) is 23.0 Å². The molecule has 0 aromatic carbocycles. The molecule has 1 unspecified atom stereocenters. The van der Waals surface area contributed by atoms with Crippen LogP contribution in [0.2, 0.25) is 0 Å². The van der Waals surface area contributed by atoms with Crippen LogP contribution in [-0.4, -0.2) is 30.1 Å². The summed E-state index contributed by atoms with van der Waals surface area (Å²) in [5, 5.41) is 25.0. The number of aromatic amines is 1. The van der Waals surface area contributed by atoms with Gasteiger partial charge in [0.1, 0.15) is 11.8 Å². The standard InChI is InChI=1S/C6H7N5OS/c12-6(5-2-7-10-9-5)1-4-3-13-11-8-4/h2-3,6,12H,1H2,(H,7,9,10). The Morgan fingerprint density at radius 1 is 1.62 bits per heavy atom.